The van der Waals surface area contributed by atoms with Gasteiger partial charge in [-0.25, -0.2) is 0 Å². The van der Waals surface area contributed by atoms with Gasteiger partial charge in [0.1, 0.15) is 0 Å². The number of likely N-dealkylation sites (tertiary alicyclic amines) is 1. The van der Waals surface area contributed by atoms with Crippen LogP contribution >= 0.6 is 0 Å². The molecule has 104 valence electrons. The Morgan fingerprint density at radius 1 is 1.22 bits per heavy atom. The largest absolute Gasteiger partial charge is 0.500 e. The Labute approximate surface area is 109 Å². The van der Waals surface area contributed by atoms with Crippen LogP contribution < -0.4 is 0 Å². The minimum absolute atomic E-state index is 0.0838. The Bertz CT molecular complexity index is 310. The average Bonchev–Trinajstić information content (AvgIpc) is 2.63. The SMILES string of the molecule is CO[Si](CCCC1CC(=O)N(C)C1=O)(OC)OC. The molecule has 1 atom stereocenters. The molecule has 7 heteroatoms. The van der Waals surface area contributed by atoms with Crippen molar-refractivity contribution in [3.8, 4) is 0 Å². The first kappa shape index (κ1) is 15.3. The summed E-state index contributed by atoms with van der Waals surface area (Å²) in [7, 11) is 3.68. The van der Waals surface area contributed by atoms with Crippen molar-refractivity contribution in [2.45, 2.75) is 25.3 Å². The number of hydrogen-bond donors (Lipinski definition) is 0. The van der Waals surface area contributed by atoms with Crippen molar-refractivity contribution in [1.82, 2.24) is 4.90 Å². The maximum Gasteiger partial charge on any atom is 0.500 e. The normalized spacial score (nSPS) is 20.9. The fraction of sp³-hybridized carbons (Fsp3) is 0.818. The van der Waals surface area contributed by atoms with Crippen LogP contribution in [0.4, 0.5) is 0 Å². The number of rotatable bonds is 7. The molecule has 0 aromatic heterocycles. The standard InChI is InChI=1S/C11H21NO5Si/c1-12-10(13)8-9(11(12)14)6-5-7-18(15-2,16-3)17-4/h9H,5-8H2,1-4H3. The van der Waals surface area contributed by atoms with Gasteiger partial charge in [-0.1, -0.05) is 0 Å². The molecule has 0 spiro atoms. The smallest absolute Gasteiger partial charge is 0.377 e. The fourth-order valence-electron chi connectivity index (χ4n) is 2.18. The summed E-state index contributed by atoms with van der Waals surface area (Å²) in [6.45, 7) is 0. The highest BCUT2D eigenvalue weighted by molar-refractivity contribution is 6.60. The first-order chi connectivity index (χ1) is 8.49. The highest BCUT2D eigenvalue weighted by atomic mass is 28.4. The third-order valence-corrected chi connectivity index (χ3v) is 6.28. The molecule has 1 saturated heterocycles. The van der Waals surface area contributed by atoms with Gasteiger partial charge in [0.15, 0.2) is 0 Å². The second-order valence-electron chi connectivity index (χ2n) is 4.38. The Kier molecular flexibility index (Phi) is 5.45. The molecule has 1 unspecified atom stereocenters. The molecular weight excluding hydrogens is 254 g/mol. The zero-order valence-electron chi connectivity index (χ0n) is 11.4. The van der Waals surface area contributed by atoms with Gasteiger partial charge >= 0.3 is 8.80 Å². The van der Waals surface area contributed by atoms with Gasteiger partial charge < -0.3 is 13.3 Å². The van der Waals surface area contributed by atoms with E-state index in [2.05, 4.69) is 0 Å². The number of hydrogen-bond acceptors (Lipinski definition) is 5. The summed E-state index contributed by atoms with van der Waals surface area (Å²) in [6, 6.07) is 0.651. The third-order valence-electron chi connectivity index (χ3n) is 3.44. The van der Waals surface area contributed by atoms with Gasteiger partial charge in [-0.15, -0.1) is 0 Å². The molecule has 0 aliphatic carbocycles. The van der Waals surface area contributed by atoms with Gasteiger partial charge in [-0.05, 0) is 12.8 Å². The molecule has 0 aromatic rings. The van der Waals surface area contributed by atoms with Gasteiger partial charge in [-0.3, -0.25) is 14.5 Å². The summed E-state index contributed by atoms with van der Waals surface area (Å²) in [5, 5.41) is 0. The van der Waals surface area contributed by atoms with Crippen LogP contribution in [0.5, 0.6) is 0 Å². The van der Waals surface area contributed by atoms with Crippen LogP contribution in [0, 0.1) is 5.92 Å². The Balaban J connectivity index is 2.43. The Hall–Kier alpha value is -0.763. The van der Waals surface area contributed by atoms with E-state index in [0.717, 1.165) is 6.42 Å². The van der Waals surface area contributed by atoms with E-state index >= 15 is 0 Å². The molecule has 0 N–H and O–H groups in total. The van der Waals surface area contributed by atoms with Crippen LogP contribution in [0.3, 0.4) is 0 Å². The highest BCUT2D eigenvalue weighted by Gasteiger charge is 2.39. The summed E-state index contributed by atoms with van der Waals surface area (Å²) in [4.78, 5) is 24.3. The zero-order valence-corrected chi connectivity index (χ0v) is 12.4. The van der Waals surface area contributed by atoms with Crippen molar-refractivity contribution in [1.29, 1.82) is 0 Å². The van der Waals surface area contributed by atoms with Crippen molar-refractivity contribution in [2.75, 3.05) is 28.4 Å². The van der Waals surface area contributed by atoms with Crippen molar-refractivity contribution in [3.63, 3.8) is 0 Å². The number of nitrogens with zero attached hydrogens (tertiary/aromatic N) is 1. The van der Waals surface area contributed by atoms with E-state index in [1.54, 1.807) is 21.3 Å². The second kappa shape index (κ2) is 6.42. The van der Waals surface area contributed by atoms with E-state index < -0.39 is 8.80 Å². The minimum Gasteiger partial charge on any atom is -0.377 e. The molecule has 0 radical (unpaired) electrons. The first-order valence-corrected chi connectivity index (χ1v) is 7.88. The topological polar surface area (TPSA) is 65.1 Å². The van der Waals surface area contributed by atoms with Crippen molar-refractivity contribution < 1.29 is 22.9 Å². The molecule has 1 aliphatic rings. The lowest BCUT2D eigenvalue weighted by molar-refractivity contribution is -0.137. The molecule has 1 fully saturated rings. The molecular formula is C11H21NO5Si. The summed E-state index contributed by atoms with van der Waals surface area (Å²) in [6.07, 6.45) is 1.73. The molecule has 0 saturated carbocycles. The average molecular weight is 275 g/mol. The Morgan fingerprint density at radius 2 is 1.78 bits per heavy atom. The van der Waals surface area contributed by atoms with Gasteiger partial charge in [0.05, 0.1) is 0 Å². The number of amides is 2. The van der Waals surface area contributed by atoms with Gasteiger partial charge in [0.2, 0.25) is 11.8 Å². The minimum atomic E-state index is -2.56. The molecule has 1 rings (SSSR count). The Morgan fingerprint density at radius 3 is 2.17 bits per heavy atom. The van der Waals surface area contributed by atoms with Crippen LogP contribution in [-0.2, 0) is 22.9 Å². The first-order valence-electron chi connectivity index (χ1n) is 5.95. The van der Waals surface area contributed by atoms with E-state index in [-0.39, 0.29) is 17.7 Å². The molecule has 1 aliphatic heterocycles. The monoisotopic (exact) mass is 275 g/mol. The van der Waals surface area contributed by atoms with Gasteiger partial charge in [0, 0.05) is 46.8 Å². The van der Waals surface area contributed by atoms with Crippen molar-refractivity contribution in [2.24, 2.45) is 5.92 Å². The molecule has 6 nitrogen and oxygen atoms in total. The predicted molar refractivity (Wildman–Crippen MR) is 66.7 cm³/mol. The maximum atomic E-state index is 11.7. The number of carbonyl (C=O) groups excluding carboxylic acids is 2. The summed E-state index contributed by atoms with van der Waals surface area (Å²) >= 11 is 0. The number of carbonyl (C=O) groups is 2. The van der Waals surface area contributed by atoms with Gasteiger partial charge in [-0.2, -0.15) is 0 Å². The second-order valence-corrected chi connectivity index (χ2v) is 7.47. The lowest BCUT2D eigenvalue weighted by atomic mass is 10.0. The van der Waals surface area contributed by atoms with E-state index in [9.17, 15) is 9.59 Å². The lowest BCUT2D eigenvalue weighted by Crippen LogP contribution is -2.42. The number of imide groups is 1. The third kappa shape index (κ3) is 3.17. The quantitative estimate of drug-likeness (QED) is 0.504. The fourth-order valence-corrected chi connectivity index (χ4v) is 3.93. The molecule has 2 amide bonds. The van der Waals surface area contributed by atoms with E-state index in [1.807, 2.05) is 0 Å². The molecule has 0 bridgehead atoms. The zero-order chi connectivity index (χ0) is 13.8. The highest BCUT2D eigenvalue weighted by Crippen LogP contribution is 2.25. The van der Waals surface area contributed by atoms with E-state index in [1.165, 1.54) is 11.9 Å². The van der Waals surface area contributed by atoms with Crippen LogP contribution in [0.1, 0.15) is 19.3 Å². The summed E-state index contributed by atoms with van der Waals surface area (Å²) < 4.78 is 15.9. The van der Waals surface area contributed by atoms with E-state index in [0.29, 0.717) is 18.9 Å². The molecule has 18 heavy (non-hydrogen) atoms. The summed E-state index contributed by atoms with van der Waals surface area (Å²) in [5.74, 6) is -0.377. The molecule has 1 heterocycles. The predicted octanol–water partition coefficient (Wildman–Crippen LogP) is 0.650. The maximum absolute atomic E-state index is 11.7. The van der Waals surface area contributed by atoms with Crippen LogP contribution in [0.15, 0.2) is 0 Å². The van der Waals surface area contributed by atoms with Crippen LogP contribution in [0.2, 0.25) is 6.04 Å². The van der Waals surface area contributed by atoms with Crippen LogP contribution in [0.25, 0.3) is 0 Å². The van der Waals surface area contributed by atoms with Crippen molar-refractivity contribution >= 4 is 20.6 Å². The molecule has 0 aromatic carbocycles. The van der Waals surface area contributed by atoms with Crippen LogP contribution in [-0.4, -0.2) is 53.9 Å². The van der Waals surface area contributed by atoms with E-state index in [4.69, 9.17) is 13.3 Å². The van der Waals surface area contributed by atoms with Gasteiger partial charge in [0.25, 0.3) is 0 Å². The summed E-state index contributed by atoms with van der Waals surface area (Å²) in [5.41, 5.74) is 0. The van der Waals surface area contributed by atoms with Crippen molar-refractivity contribution in [3.05, 3.63) is 0 Å². The lowest BCUT2D eigenvalue weighted by Gasteiger charge is -2.24.